The van der Waals surface area contributed by atoms with Gasteiger partial charge in [0.15, 0.2) is 0 Å². The fraction of sp³-hybridized carbons (Fsp3) is 0.150. The number of amides is 1. The van der Waals surface area contributed by atoms with Gasteiger partial charge in [0.1, 0.15) is 11.7 Å². The van der Waals surface area contributed by atoms with E-state index in [9.17, 15) is 9.59 Å². The molecule has 5 heteroatoms. The smallest absolute Gasteiger partial charge is 0.328 e. The van der Waals surface area contributed by atoms with E-state index in [1.54, 1.807) is 18.2 Å². The molecule has 5 nitrogen and oxygen atoms in total. The maximum atomic E-state index is 12.3. The molecule has 1 heterocycles. The van der Waals surface area contributed by atoms with E-state index in [0.29, 0.717) is 6.42 Å². The minimum Gasteiger partial charge on any atom is -0.467 e. The molecule has 3 aromatic rings. The molecular formula is C20H18N2O3. The van der Waals surface area contributed by atoms with E-state index >= 15 is 0 Å². The van der Waals surface area contributed by atoms with Crippen molar-refractivity contribution in [1.82, 2.24) is 10.3 Å². The minimum absolute atomic E-state index is 0.259. The average molecular weight is 334 g/mol. The highest BCUT2D eigenvalue weighted by Crippen LogP contribution is 2.20. The van der Waals surface area contributed by atoms with Gasteiger partial charge in [-0.05, 0) is 28.5 Å². The topological polar surface area (TPSA) is 68.3 Å². The van der Waals surface area contributed by atoms with Crippen molar-refractivity contribution < 1.29 is 14.3 Å². The summed E-state index contributed by atoms with van der Waals surface area (Å²) in [6.45, 7) is 0. The lowest BCUT2D eigenvalue weighted by atomic mass is 9.98. The number of benzene rings is 2. The maximum absolute atomic E-state index is 12.3. The quantitative estimate of drug-likeness (QED) is 0.729. The molecule has 0 bridgehead atoms. The van der Waals surface area contributed by atoms with Crippen LogP contribution in [0.2, 0.25) is 0 Å². The molecule has 0 aliphatic heterocycles. The number of nitrogens with one attached hydrogen (secondary N) is 1. The number of aromatic nitrogens is 1. The van der Waals surface area contributed by atoms with Gasteiger partial charge in [0.2, 0.25) is 0 Å². The minimum atomic E-state index is -0.787. The first-order chi connectivity index (χ1) is 12.2. The number of carbonyl (C=O) groups is 2. The predicted octanol–water partition coefficient (Wildman–Crippen LogP) is 2.75. The molecule has 1 N–H and O–H groups in total. The first kappa shape index (κ1) is 16.6. The van der Waals surface area contributed by atoms with E-state index in [0.717, 1.165) is 16.3 Å². The molecule has 0 aliphatic carbocycles. The van der Waals surface area contributed by atoms with E-state index in [2.05, 4.69) is 10.3 Å². The van der Waals surface area contributed by atoms with Gasteiger partial charge in [-0.15, -0.1) is 0 Å². The number of carbonyl (C=O) groups excluding carboxylic acids is 2. The van der Waals surface area contributed by atoms with Crippen LogP contribution in [0.4, 0.5) is 0 Å². The molecule has 2 aromatic carbocycles. The van der Waals surface area contributed by atoms with Gasteiger partial charge in [-0.2, -0.15) is 0 Å². The number of methoxy groups -OCH3 is 1. The number of hydrogen-bond acceptors (Lipinski definition) is 4. The lowest BCUT2D eigenvalue weighted by Crippen LogP contribution is -2.43. The lowest BCUT2D eigenvalue weighted by molar-refractivity contribution is -0.142. The Kier molecular flexibility index (Phi) is 5.04. The summed E-state index contributed by atoms with van der Waals surface area (Å²) in [6, 6.07) is 18.1. The third kappa shape index (κ3) is 3.83. The molecule has 1 amide bonds. The zero-order valence-corrected chi connectivity index (χ0v) is 13.8. The first-order valence-electron chi connectivity index (χ1n) is 7.95. The monoisotopic (exact) mass is 334 g/mol. The SMILES string of the molecule is COC(=O)[C@H](Cc1cccc2ccccc12)NC(=O)c1ccccn1. The molecule has 0 radical (unpaired) electrons. The summed E-state index contributed by atoms with van der Waals surface area (Å²) in [5, 5.41) is 4.85. The molecule has 0 saturated heterocycles. The lowest BCUT2D eigenvalue weighted by Gasteiger charge is -2.17. The van der Waals surface area contributed by atoms with Gasteiger partial charge in [0.05, 0.1) is 7.11 Å². The van der Waals surface area contributed by atoms with Crippen LogP contribution in [0, 0.1) is 0 Å². The van der Waals surface area contributed by atoms with Crippen molar-refractivity contribution in [2.24, 2.45) is 0 Å². The van der Waals surface area contributed by atoms with Crippen molar-refractivity contribution in [1.29, 1.82) is 0 Å². The second kappa shape index (κ2) is 7.57. The molecule has 126 valence electrons. The number of fused-ring (bicyclic) bond motifs is 1. The number of hydrogen-bond donors (Lipinski definition) is 1. The number of nitrogens with zero attached hydrogens (tertiary/aromatic N) is 1. The third-order valence-corrected chi connectivity index (χ3v) is 3.99. The van der Waals surface area contributed by atoms with Crippen molar-refractivity contribution in [3.8, 4) is 0 Å². The Morgan fingerprint density at radius 1 is 1.04 bits per heavy atom. The number of esters is 1. The van der Waals surface area contributed by atoms with Crippen LogP contribution in [0.3, 0.4) is 0 Å². The van der Waals surface area contributed by atoms with Crippen molar-refractivity contribution in [3.63, 3.8) is 0 Å². The molecule has 1 atom stereocenters. The van der Waals surface area contributed by atoms with Gasteiger partial charge in [0, 0.05) is 12.6 Å². The van der Waals surface area contributed by atoms with Gasteiger partial charge >= 0.3 is 5.97 Å². The fourth-order valence-electron chi connectivity index (χ4n) is 2.76. The third-order valence-electron chi connectivity index (χ3n) is 3.99. The molecule has 0 spiro atoms. The summed E-state index contributed by atoms with van der Waals surface area (Å²) in [4.78, 5) is 28.5. The van der Waals surface area contributed by atoms with Gasteiger partial charge in [-0.1, -0.05) is 48.5 Å². The molecule has 0 fully saturated rings. The molecule has 0 aliphatic rings. The summed E-state index contributed by atoms with van der Waals surface area (Å²) in [5.74, 6) is -0.895. The van der Waals surface area contributed by atoms with Crippen molar-refractivity contribution in [2.75, 3.05) is 7.11 Å². The Hall–Kier alpha value is -3.21. The first-order valence-corrected chi connectivity index (χ1v) is 7.95. The molecule has 0 saturated carbocycles. The van der Waals surface area contributed by atoms with E-state index in [1.807, 2.05) is 42.5 Å². The zero-order chi connectivity index (χ0) is 17.6. The Bertz CT molecular complexity index is 888. The summed E-state index contributed by atoms with van der Waals surface area (Å²) in [6.07, 6.45) is 1.87. The molecule has 25 heavy (non-hydrogen) atoms. The summed E-state index contributed by atoms with van der Waals surface area (Å²) in [7, 11) is 1.31. The molecular weight excluding hydrogens is 316 g/mol. The summed E-state index contributed by atoms with van der Waals surface area (Å²) < 4.78 is 4.86. The highest BCUT2D eigenvalue weighted by Gasteiger charge is 2.23. The summed E-state index contributed by atoms with van der Waals surface area (Å²) in [5.41, 5.74) is 1.23. The normalized spacial score (nSPS) is 11.7. The largest absolute Gasteiger partial charge is 0.467 e. The molecule has 1 aromatic heterocycles. The van der Waals surface area contributed by atoms with Gasteiger partial charge in [-0.25, -0.2) is 4.79 Å². The van der Waals surface area contributed by atoms with Crippen LogP contribution in [-0.2, 0) is 16.0 Å². The average Bonchev–Trinajstić information content (AvgIpc) is 2.67. The fourth-order valence-corrected chi connectivity index (χ4v) is 2.76. The van der Waals surface area contributed by atoms with E-state index < -0.39 is 17.9 Å². The molecule has 3 rings (SSSR count). The zero-order valence-electron chi connectivity index (χ0n) is 13.8. The van der Waals surface area contributed by atoms with Gasteiger partial charge in [-0.3, -0.25) is 9.78 Å². The Labute approximate surface area is 145 Å². The van der Waals surface area contributed by atoms with Crippen LogP contribution in [0.15, 0.2) is 66.9 Å². The Balaban J connectivity index is 1.86. The van der Waals surface area contributed by atoms with Crippen LogP contribution < -0.4 is 5.32 Å². The highest BCUT2D eigenvalue weighted by molar-refractivity contribution is 5.95. The van der Waals surface area contributed by atoms with Crippen LogP contribution in [-0.4, -0.2) is 30.0 Å². The number of pyridine rings is 1. The highest BCUT2D eigenvalue weighted by atomic mass is 16.5. The van der Waals surface area contributed by atoms with E-state index in [1.165, 1.54) is 13.3 Å². The maximum Gasteiger partial charge on any atom is 0.328 e. The second-order valence-corrected chi connectivity index (χ2v) is 5.61. The van der Waals surface area contributed by atoms with Crippen LogP contribution in [0.1, 0.15) is 16.1 Å². The number of rotatable bonds is 5. The van der Waals surface area contributed by atoms with E-state index in [4.69, 9.17) is 4.74 Å². The van der Waals surface area contributed by atoms with Crippen molar-refractivity contribution >= 4 is 22.6 Å². The standard InChI is InChI=1S/C20H18N2O3/c1-25-20(24)18(22-19(23)17-11-4-5-12-21-17)13-15-9-6-8-14-7-2-3-10-16(14)15/h2-12,18H,13H2,1H3,(H,22,23)/t18-/m0/s1. The van der Waals surface area contributed by atoms with E-state index in [-0.39, 0.29) is 5.69 Å². The Morgan fingerprint density at radius 2 is 1.80 bits per heavy atom. The van der Waals surface area contributed by atoms with Crippen LogP contribution in [0.25, 0.3) is 10.8 Å². The van der Waals surface area contributed by atoms with Gasteiger partial charge in [0.25, 0.3) is 5.91 Å². The Morgan fingerprint density at radius 3 is 2.56 bits per heavy atom. The van der Waals surface area contributed by atoms with Crippen molar-refractivity contribution in [2.45, 2.75) is 12.5 Å². The van der Waals surface area contributed by atoms with Crippen LogP contribution >= 0.6 is 0 Å². The van der Waals surface area contributed by atoms with Gasteiger partial charge < -0.3 is 10.1 Å². The second-order valence-electron chi connectivity index (χ2n) is 5.61. The van der Waals surface area contributed by atoms with Crippen molar-refractivity contribution in [3.05, 3.63) is 78.1 Å². The molecule has 0 unspecified atom stereocenters. The van der Waals surface area contributed by atoms with Crippen LogP contribution in [0.5, 0.6) is 0 Å². The number of ether oxygens (including phenoxy) is 1. The predicted molar refractivity (Wildman–Crippen MR) is 95.2 cm³/mol. The summed E-state index contributed by atoms with van der Waals surface area (Å²) >= 11 is 0.